The van der Waals surface area contributed by atoms with Crippen molar-refractivity contribution in [3.05, 3.63) is 56.5 Å². The highest BCUT2D eigenvalue weighted by atomic mass is 16.2. The van der Waals surface area contributed by atoms with Gasteiger partial charge in [0.25, 0.3) is 5.56 Å². The molecular weight excluding hydrogens is 406 g/mol. The van der Waals surface area contributed by atoms with Gasteiger partial charge in [-0.1, -0.05) is 46.2 Å². The van der Waals surface area contributed by atoms with Gasteiger partial charge in [0, 0.05) is 31.6 Å². The zero-order valence-corrected chi connectivity index (χ0v) is 19.4. The van der Waals surface area contributed by atoms with Crippen LogP contribution < -0.4 is 16.6 Å². The molecule has 1 amide bonds. The Bertz CT molecular complexity index is 1200. The number of hydrogen-bond acceptors (Lipinski definition) is 4. The maximum atomic E-state index is 12.7. The van der Waals surface area contributed by atoms with Gasteiger partial charge in [-0.3, -0.25) is 19.1 Å². The van der Waals surface area contributed by atoms with Crippen molar-refractivity contribution >= 4 is 22.8 Å². The highest BCUT2D eigenvalue weighted by molar-refractivity contribution is 5.90. The minimum Gasteiger partial charge on any atom is -0.326 e. The maximum absolute atomic E-state index is 12.7. The molecule has 0 fully saturated rings. The molecular formula is C24H33N5O3. The molecule has 8 nitrogen and oxygen atoms in total. The number of imidazole rings is 1. The molecule has 172 valence electrons. The monoisotopic (exact) mass is 439 g/mol. The van der Waals surface area contributed by atoms with Crippen LogP contribution in [0, 0.1) is 5.92 Å². The van der Waals surface area contributed by atoms with Crippen LogP contribution in [0.2, 0.25) is 0 Å². The van der Waals surface area contributed by atoms with Gasteiger partial charge in [-0.15, -0.1) is 0 Å². The van der Waals surface area contributed by atoms with Crippen LogP contribution in [0.15, 0.2) is 33.9 Å². The Balaban J connectivity index is 1.90. The smallest absolute Gasteiger partial charge is 0.326 e. The summed E-state index contributed by atoms with van der Waals surface area (Å²) >= 11 is 0. The van der Waals surface area contributed by atoms with Crippen LogP contribution >= 0.6 is 0 Å². The predicted octanol–water partition coefficient (Wildman–Crippen LogP) is 3.48. The zero-order valence-electron chi connectivity index (χ0n) is 19.4. The van der Waals surface area contributed by atoms with Crippen LogP contribution in [0.25, 0.3) is 11.2 Å². The van der Waals surface area contributed by atoms with Crippen LogP contribution in [0.5, 0.6) is 0 Å². The van der Waals surface area contributed by atoms with Gasteiger partial charge in [0.2, 0.25) is 5.91 Å². The Hall–Kier alpha value is -3.16. The average Bonchev–Trinajstić information content (AvgIpc) is 3.10. The van der Waals surface area contributed by atoms with Gasteiger partial charge in [0.1, 0.15) is 5.82 Å². The van der Waals surface area contributed by atoms with Gasteiger partial charge in [-0.25, -0.2) is 9.78 Å². The number of nitrogens with one attached hydrogen (secondary N) is 2. The second kappa shape index (κ2) is 10.4. The number of benzene rings is 1. The van der Waals surface area contributed by atoms with Gasteiger partial charge in [0.15, 0.2) is 11.2 Å². The van der Waals surface area contributed by atoms with Crippen LogP contribution in [-0.2, 0) is 30.7 Å². The maximum Gasteiger partial charge on any atom is 0.330 e. The molecule has 32 heavy (non-hydrogen) atoms. The Morgan fingerprint density at radius 3 is 2.66 bits per heavy atom. The second-order valence-corrected chi connectivity index (χ2v) is 8.57. The van der Waals surface area contributed by atoms with E-state index in [4.69, 9.17) is 0 Å². The third-order valence-corrected chi connectivity index (χ3v) is 5.44. The van der Waals surface area contributed by atoms with Gasteiger partial charge in [-0.2, -0.15) is 0 Å². The molecule has 2 N–H and O–H groups in total. The van der Waals surface area contributed by atoms with Gasteiger partial charge in [-0.05, 0) is 36.5 Å². The van der Waals surface area contributed by atoms with E-state index in [1.54, 1.807) is 0 Å². The number of hydrogen-bond donors (Lipinski definition) is 2. The second-order valence-electron chi connectivity index (χ2n) is 8.57. The summed E-state index contributed by atoms with van der Waals surface area (Å²) in [6.07, 6.45) is 3.24. The highest BCUT2D eigenvalue weighted by Crippen LogP contribution is 2.17. The number of rotatable bonds is 10. The first-order valence-corrected chi connectivity index (χ1v) is 11.4. The van der Waals surface area contributed by atoms with Gasteiger partial charge in [0.05, 0.1) is 0 Å². The Kier molecular flexibility index (Phi) is 7.66. The van der Waals surface area contributed by atoms with Crippen LogP contribution in [0.4, 0.5) is 5.69 Å². The number of unbranched alkanes of at least 4 members (excludes halogenated alkanes) is 1. The van der Waals surface area contributed by atoms with E-state index in [1.165, 1.54) is 4.57 Å². The molecule has 0 aliphatic heterocycles. The van der Waals surface area contributed by atoms with E-state index in [0.717, 1.165) is 30.5 Å². The van der Waals surface area contributed by atoms with Crippen molar-refractivity contribution in [3.63, 3.8) is 0 Å². The van der Waals surface area contributed by atoms with E-state index < -0.39 is 11.2 Å². The number of H-pyrrole nitrogens is 1. The molecule has 0 radical (unpaired) electrons. The summed E-state index contributed by atoms with van der Waals surface area (Å²) in [5.41, 5.74) is 1.86. The minimum absolute atomic E-state index is 0.112. The molecule has 2 heterocycles. The fourth-order valence-electron chi connectivity index (χ4n) is 3.81. The molecule has 8 heteroatoms. The molecule has 3 rings (SSSR count). The number of nitrogens with zero attached hydrogens (tertiary/aromatic N) is 3. The molecule has 0 saturated carbocycles. The van der Waals surface area contributed by atoms with E-state index in [1.807, 2.05) is 35.8 Å². The molecule has 2 aromatic heterocycles. The van der Waals surface area contributed by atoms with Gasteiger partial charge >= 0.3 is 5.69 Å². The van der Waals surface area contributed by atoms with Crippen LogP contribution in [0.1, 0.15) is 58.3 Å². The van der Waals surface area contributed by atoms with Crippen molar-refractivity contribution in [1.82, 2.24) is 19.1 Å². The van der Waals surface area contributed by atoms with Crippen molar-refractivity contribution in [2.75, 3.05) is 5.32 Å². The minimum atomic E-state index is -0.440. The molecule has 0 unspecified atom stereocenters. The third kappa shape index (κ3) is 5.36. The lowest BCUT2D eigenvalue weighted by molar-refractivity contribution is -0.116. The van der Waals surface area contributed by atoms with Crippen molar-refractivity contribution in [1.29, 1.82) is 0 Å². The van der Waals surface area contributed by atoms with E-state index in [0.29, 0.717) is 36.5 Å². The molecule has 0 atom stereocenters. The molecule has 0 bridgehead atoms. The number of carbonyl (C=O) groups excluding carboxylic acids is 1. The first-order valence-electron chi connectivity index (χ1n) is 11.4. The standard InChI is InChI=1S/C24H33N5O3/c1-5-7-13-28-22-21(23(31)27-24(28)32)29(15-16(3)4)19(26-22)11-12-20(30)25-18-10-8-9-17(6-2)14-18/h8-10,14,16H,5-7,11-13,15H2,1-4H3,(H,25,30)(H,27,31,32). The number of aryl methyl sites for hydroxylation is 3. The van der Waals surface area contributed by atoms with Crippen molar-refractivity contribution in [2.24, 2.45) is 5.92 Å². The molecule has 0 spiro atoms. The van der Waals surface area contributed by atoms with E-state index in [2.05, 4.69) is 36.1 Å². The topological polar surface area (TPSA) is 102 Å². The molecule has 0 aliphatic carbocycles. The molecule has 0 saturated heterocycles. The summed E-state index contributed by atoms with van der Waals surface area (Å²) in [7, 11) is 0. The first-order chi connectivity index (χ1) is 15.3. The summed E-state index contributed by atoms with van der Waals surface area (Å²) in [5, 5.41) is 2.94. The summed E-state index contributed by atoms with van der Waals surface area (Å²) in [6, 6.07) is 7.80. The van der Waals surface area contributed by atoms with Crippen LogP contribution in [-0.4, -0.2) is 25.0 Å². The lowest BCUT2D eigenvalue weighted by Crippen LogP contribution is -2.31. The fourth-order valence-corrected chi connectivity index (χ4v) is 3.81. The average molecular weight is 440 g/mol. The Labute approximate surface area is 187 Å². The number of fused-ring (bicyclic) bond motifs is 1. The number of carbonyl (C=O) groups is 1. The van der Waals surface area contributed by atoms with E-state index in [9.17, 15) is 14.4 Å². The number of aromatic nitrogens is 4. The Morgan fingerprint density at radius 2 is 1.97 bits per heavy atom. The fraction of sp³-hybridized carbons (Fsp3) is 0.500. The summed E-state index contributed by atoms with van der Waals surface area (Å²) in [5.74, 6) is 0.804. The van der Waals surface area contributed by atoms with E-state index >= 15 is 0 Å². The quantitative estimate of drug-likeness (QED) is 0.505. The summed E-state index contributed by atoms with van der Waals surface area (Å²) in [4.78, 5) is 44.8. The molecule has 3 aromatic rings. The molecule has 0 aliphatic rings. The predicted molar refractivity (Wildman–Crippen MR) is 127 cm³/mol. The first kappa shape index (κ1) is 23.5. The van der Waals surface area contributed by atoms with E-state index in [-0.39, 0.29) is 18.2 Å². The highest BCUT2D eigenvalue weighted by Gasteiger charge is 2.19. The zero-order chi connectivity index (χ0) is 23.3. The lowest BCUT2D eigenvalue weighted by Gasteiger charge is -2.12. The normalized spacial score (nSPS) is 11.4. The van der Waals surface area contributed by atoms with Crippen molar-refractivity contribution < 1.29 is 4.79 Å². The summed E-state index contributed by atoms with van der Waals surface area (Å²) in [6.45, 7) is 9.32. The summed E-state index contributed by atoms with van der Waals surface area (Å²) < 4.78 is 3.41. The third-order valence-electron chi connectivity index (χ3n) is 5.44. The number of aromatic amines is 1. The number of amides is 1. The van der Waals surface area contributed by atoms with Crippen LogP contribution in [0.3, 0.4) is 0 Å². The van der Waals surface area contributed by atoms with Crippen molar-refractivity contribution in [3.8, 4) is 0 Å². The molecule has 1 aromatic carbocycles. The Morgan fingerprint density at radius 1 is 1.19 bits per heavy atom. The lowest BCUT2D eigenvalue weighted by atomic mass is 10.1. The number of anilines is 1. The van der Waals surface area contributed by atoms with Crippen molar-refractivity contribution in [2.45, 2.75) is 72.9 Å². The SMILES string of the molecule is CCCCn1c(=O)[nH]c(=O)c2c1nc(CCC(=O)Nc1cccc(CC)c1)n2CC(C)C. The largest absolute Gasteiger partial charge is 0.330 e. The van der Waals surface area contributed by atoms with Gasteiger partial charge < -0.3 is 9.88 Å².